The first kappa shape index (κ1) is 16.8. The summed E-state index contributed by atoms with van der Waals surface area (Å²) in [6.45, 7) is 4.99. The van der Waals surface area contributed by atoms with Gasteiger partial charge in [0.2, 0.25) is 12.7 Å². The summed E-state index contributed by atoms with van der Waals surface area (Å²) in [5.41, 5.74) is 6.55. The van der Waals surface area contributed by atoms with Crippen LogP contribution in [0.15, 0.2) is 22.7 Å². The predicted molar refractivity (Wildman–Crippen MR) is 91.7 cm³/mol. The van der Waals surface area contributed by atoms with Crippen molar-refractivity contribution in [3.05, 3.63) is 35.5 Å². The van der Waals surface area contributed by atoms with Gasteiger partial charge in [0, 0.05) is 6.54 Å². The van der Waals surface area contributed by atoms with Gasteiger partial charge in [0.15, 0.2) is 11.5 Å². The smallest absolute Gasteiger partial charge is 0.290 e. The van der Waals surface area contributed by atoms with E-state index in [1.807, 2.05) is 6.07 Å². The molecule has 4 rings (SSSR count). The molecule has 3 heterocycles. The third kappa shape index (κ3) is 3.50. The number of hydrogen-bond acceptors (Lipinski definition) is 7. The van der Waals surface area contributed by atoms with Gasteiger partial charge in [-0.1, -0.05) is 18.1 Å². The maximum atomic E-state index is 11.1. The molecule has 2 aliphatic heterocycles. The second-order valence-electron chi connectivity index (χ2n) is 7.37. The van der Waals surface area contributed by atoms with Crippen LogP contribution in [0.3, 0.4) is 0 Å². The van der Waals surface area contributed by atoms with Crippen molar-refractivity contribution in [3.63, 3.8) is 0 Å². The van der Waals surface area contributed by atoms with Crippen molar-refractivity contribution in [1.82, 2.24) is 15.0 Å². The molecule has 1 amide bonds. The highest BCUT2D eigenvalue weighted by Gasteiger charge is 2.32. The molecule has 1 aromatic carbocycles. The third-order valence-corrected chi connectivity index (χ3v) is 4.98. The lowest BCUT2D eigenvalue weighted by atomic mass is 9.77. The number of rotatable bonds is 5. The number of aromatic nitrogens is 2. The minimum atomic E-state index is -0.675. The van der Waals surface area contributed by atoms with Crippen molar-refractivity contribution in [3.8, 4) is 11.5 Å². The molecular formula is C18H22N4O4. The SMILES string of the molecule is CC1(Cc2ccc3c(c2)OCO3)CCCN(Cc2nc(C(N)=O)no2)C1. The number of likely N-dealkylation sites (tertiary alicyclic amines) is 1. The van der Waals surface area contributed by atoms with Crippen LogP contribution in [0.25, 0.3) is 0 Å². The highest BCUT2D eigenvalue weighted by atomic mass is 16.7. The van der Waals surface area contributed by atoms with Crippen molar-refractivity contribution in [2.24, 2.45) is 11.1 Å². The van der Waals surface area contributed by atoms with Gasteiger partial charge in [0.05, 0.1) is 6.54 Å². The first-order valence-corrected chi connectivity index (χ1v) is 8.74. The fourth-order valence-electron chi connectivity index (χ4n) is 3.86. The van der Waals surface area contributed by atoms with Crippen molar-refractivity contribution in [2.45, 2.75) is 32.7 Å². The van der Waals surface area contributed by atoms with E-state index in [-0.39, 0.29) is 11.2 Å². The Labute approximate surface area is 151 Å². The van der Waals surface area contributed by atoms with E-state index in [0.717, 1.165) is 43.9 Å². The Balaban J connectivity index is 1.42. The molecule has 0 spiro atoms. The lowest BCUT2D eigenvalue weighted by Crippen LogP contribution is -2.42. The molecule has 2 aliphatic rings. The van der Waals surface area contributed by atoms with Crippen LogP contribution in [0.5, 0.6) is 11.5 Å². The van der Waals surface area contributed by atoms with E-state index in [4.69, 9.17) is 19.7 Å². The van der Waals surface area contributed by atoms with E-state index in [0.29, 0.717) is 19.2 Å². The van der Waals surface area contributed by atoms with Gasteiger partial charge in [-0.2, -0.15) is 4.98 Å². The zero-order chi connectivity index (χ0) is 18.1. The highest BCUT2D eigenvalue weighted by Crippen LogP contribution is 2.37. The van der Waals surface area contributed by atoms with Crippen LogP contribution in [0.2, 0.25) is 0 Å². The van der Waals surface area contributed by atoms with Crippen molar-refractivity contribution >= 4 is 5.91 Å². The number of hydrogen-bond donors (Lipinski definition) is 1. The molecule has 8 nitrogen and oxygen atoms in total. The van der Waals surface area contributed by atoms with E-state index in [9.17, 15) is 4.79 Å². The monoisotopic (exact) mass is 358 g/mol. The molecular weight excluding hydrogens is 336 g/mol. The van der Waals surface area contributed by atoms with Crippen molar-refractivity contribution in [1.29, 1.82) is 0 Å². The van der Waals surface area contributed by atoms with Gasteiger partial charge >= 0.3 is 0 Å². The number of fused-ring (bicyclic) bond motifs is 1. The van der Waals surface area contributed by atoms with Crippen LogP contribution in [0.1, 0.15) is 41.8 Å². The summed E-state index contributed by atoms with van der Waals surface area (Å²) in [5, 5.41) is 3.61. The molecule has 0 aliphatic carbocycles. The zero-order valence-corrected chi connectivity index (χ0v) is 14.7. The first-order chi connectivity index (χ1) is 12.5. The summed E-state index contributed by atoms with van der Waals surface area (Å²) in [7, 11) is 0. The van der Waals surface area contributed by atoms with Crippen LogP contribution in [0, 0.1) is 5.41 Å². The molecule has 1 fully saturated rings. The molecule has 138 valence electrons. The van der Waals surface area contributed by atoms with E-state index in [2.05, 4.69) is 34.1 Å². The summed E-state index contributed by atoms with van der Waals surface area (Å²) in [5.74, 6) is 1.31. The Bertz CT molecular complexity index is 821. The normalized spacial score (nSPS) is 22.5. The average Bonchev–Trinajstić information content (AvgIpc) is 3.23. The van der Waals surface area contributed by atoms with Gasteiger partial charge in [-0.05, 0) is 48.9 Å². The molecule has 1 atom stereocenters. The lowest BCUT2D eigenvalue weighted by Gasteiger charge is -2.40. The number of amides is 1. The van der Waals surface area contributed by atoms with Gasteiger partial charge in [0.1, 0.15) is 0 Å². The standard InChI is InChI=1S/C18H22N4O4/c1-18(8-12-3-4-13-14(7-12)25-11-24-13)5-2-6-22(10-18)9-15-20-17(16(19)23)21-26-15/h3-4,7H,2,5-6,8-11H2,1H3,(H2,19,23). The summed E-state index contributed by atoms with van der Waals surface area (Å²) >= 11 is 0. The molecule has 1 unspecified atom stereocenters. The van der Waals surface area contributed by atoms with E-state index in [1.54, 1.807) is 0 Å². The second-order valence-corrected chi connectivity index (χ2v) is 7.37. The Kier molecular flexibility index (Phi) is 4.28. The lowest BCUT2D eigenvalue weighted by molar-refractivity contribution is 0.0876. The summed E-state index contributed by atoms with van der Waals surface area (Å²) < 4.78 is 16.0. The maximum Gasteiger partial charge on any atom is 0.290 e. The Morgan fingerprint density at radius 1 is 1.35 bits per heavy atom. The van der Waals surface area contributed by atoms with Crippen LogP contribution in [-0.2, 0) is 13.0 Å². The number of primary amides is 1. The summed E-state index contributed by atoms with van der Waals surface area (Å²) in [6, 6.07) is 6.16. The first-order valence-electron chi connectivity index (χ1n) is 8.74. The second kappa shape index (κ2) is 6.60. The van der Waals surface area contributed by atoms with Crippen LogP contribution >= 0.6 is 0 Å². The number of ether oxygens (including phenoxy) is 2. The van der Waals surface area contributed by atoms with Gasteiger partial charge in [-0.25, -0.2) is 0 Å². The maximum absolute atomic E-state index is 11.1. The molecule has 0 bridgehead atoms. The van der Waals surface area contributed by atoms with Crippen LogP contribution < -0.4 is 15.2 Å². The largest absolute Gasteiger partial charge is 0.454 e. The number of piperidine rings is 1. The van der Waals surface area contributed by atoms with Gasteiger partial charge in [-0.3, -0.25) is 9.69 Å². The molecule has 0 saturated carbocycles. The highest BCUT2D eigenvalue weighted by molar-refractivity contribution is 5.88. The Morgan fingerprint density at radius 2 is 2.19 bits per heavy atom. The number of carbonyl (C=O) groups is 1. The molecule has 8 heteroatoms. The number of nitrogens with two attached hydrogens (primary N) is 1. The molecule has 1 saturated heterocycles. The van der Waals surface area contributed by atoms with Gasteiger partial charge in [0.25, 0.3) is 11.7 Å². The Morgan fingerprint density at radius 3 is 3.00 bits per heavy atom. The topological polar surface area (TPSA) is 104 Å². The zero-order valence-electron chi connectivity index (χ0n) is 14.7. The average molecular weight is 358 g/mol. The van der Waals surface area contributed by atoms with Crippen molar-refractivity contribution < 1.29 is 18.8 Å². The van der Waals surface area contributed by atoms with E-state index < -0.39 is 5.91 Å². The molecule has 0 radical (unpaired) electrons. The molecule has 1 aromatic heterocycles. The minimum Gasteiger partial charge on any atom is -0.454 e. The van der Waals surface area contributed by atoms with Crippen LogP contribution in [-0.4, -0.2) is 40.8 Å². The van der Waals surface area contributed by atoms with Crippen molar-refractivity contribution in [2.75, 3.05) is 19.9 Å². The van der Waals surface area contributed by atoms with Gasteiger partial charge in [-0.15, -0.1) is 0 Å². The quantitative estimate of drug-likeness (QED) is 0.868. The predicted octanol–water partition coefficient (Wildman–Crippen LogP) is 1.74. The van der Waals surface area contributed by atoms with Gasteiger partial charge < -0.3 is 19.7 Å². The molecule has 2 aromatic rings. The van der Waals surface area contributed by atoms with E-state index in [1.165, 1.54) is 5.56 Å². The number of benzene rings is 1. The third-order valence-electron chi connectivity index (χ3n) is 4.98. The Hall–Kier alpha value is -2.61. The number of carbonyl (C=O) groups excluding carboxylic acids is 1. The fraction of sp³-hybridized carbons (Fsp3) is 0.500. The van der Waals surface area contributed by atoms with Crippen LogP contribution in [0.4, 0.5) is 0 Å². The van der Waals surface area contributed by atoms with E-state index >= 15 is 0 Å². The minimum absolute atomic E-state index is 0.0693. The number of nitrogens with zero attached hydrogens (tertiary/aromatic N) is 3. The summed E-state index contributed by atoms with van der Waals surface area (Å²) in [6.07, 6.45) is 3.20. The molecule has 26 heavy (non-hydrogen) atoms. The fourth-order valence-corrected chi connectivity index (χ4v) is 3.86. The summed E-state index contributed by atoms with van der Waals surface area (Å²) in [4.78, 5) is 17.4. The molecule has 2 N–H and O–H groups in total.